The van der Waals surface area contributed by atoms with Crippen molar-refractivity contribution < 1.29 is 14.3 Å². The first-order valence-corrected chi connectivity index (χ1v) is 9.87. The standard InChI is InChI=1S/C23H29NO3/c1-5-6-12-27-22(26)19-15(2)24-17-13-23(3,4)14-18(25)21(17)20(19)16-10-8-7-9-11-16/h7-11,20-21H,5-6,12-14H2,1-4H3/t20-,21-/m1/s1. The van der Waals surface area contributed by atoms with Gasteiger partial charge in [0.2, 0.25) is 0 Å². The summed E-state index contributed by atoms with van der Waals surface area (Å²) in [6, 6.07) is 9.84. The first kappa shape index (κ1) is 19.5. The van der Waals surface area contributed by atoms with Gasteiger partial charge in [0.15, 0.2) is 0 Å². The third kappa shape index (κ3) is 4.05. The summed E-state index contributed by atoms with van der Waals surface area (Å²) in [6.45, 7) is 8.53. The lowest BCUT2D eigenvalue weighted by Crippen LogP contribution is -2.44. The van der Waals surface area contributed by atoms with Gasteiger partial charge in [-0.05, 0) is 30.7 Å². The van der Waals surface area contributed by atoms with Crippen molar-refractivity contribution in [1.82, 2.24) is 0 Å². The number of allylic oxidation sites excluding steroid dienone is 1. The molecule has 0 spiro atoms. The maximum atomic E-state index is 13.1. The molecule has 1 heterocycles. The van der Waals surface area contributed by atoms with Crippen LogP contribution in [-0.4, -0.2) is 24.1 Å². The summed E-state index contributed by atoms with van der Waals surface area (Å²) in [5, 5.41) is 0. The van der Waals surface area contributed by atoms with E-state index in [1.54, 1.807) is 0 Å². The van der Waals surface area contributed by atoms with Crippen molar-refractivity contribution in [2.45, 2.75) is 59.3 Å². The fourth-order valence-electron chi connectivity index (χ4n) is 4.27. The smallest absolute Gasteiger partial charge is 0.336 e. The zero-order valence-electron chi connectivity index (χ0n) is 16.7. The Bertz CT molecular complexity index is 789. The van der Waals surface area contributed by atoms with Crippen LogP contribution >= 0.6 is 0 Å². The summed E-state index contributed by atoms with van der Waals surface area (Å²) in [5.74, 6) is -0.838. The van der Waals surface area contributed by atoms with Crippen molar-refractivity contribution >= 4 is 17.5 Å². The maximum Gasteiger partial charge on any atom is 0.336 e. The molecule has 0 N–H and O–H groups in total. The van der Waals surface area contributed by atoms with Crippen molar-refractivity contribution in [2.24, 2.45) is 16.3 Å². The van der Waals surface area contributed by atoms with Crippen LogP contribution in [0.5, 0.6) is 0 Å². The quantitative estimate of drug-likeness (QED) is 0.552. The maximum absolute atomic E-state index is 13.1. The van der Waals surface area contributed by atoms with Gasteiger partial charge in [0.1, 0.15) is 5.78 Å². The van der Waals surface area contributed by atoms with Crippen molar-refractivity contribution in [1.29, 1.82) is 0 Å². The summed E-state index contributed by atoms with van der Waals surface area (Å²) < 4.78 is 5.52. The van der Waals surface area contributed by atoms with Crippen LogP contribution in [0.25, 0.3) is 0 Å². The van der Waals surface area contributed by atoms with Crippen molar-refractivity contribution in [2.75, 3.05) is 6.61 Å². The van der Waals surface area contributed by atoms with Crippen molar-refractivity contribution in [3.8, 4) is 0 Å². The number of unbranched alkanes of at least 4 members (excludes halogenated alkanes) is 1. The van der Waals surface area contributed by atoms with Gasteiger partial charge in [0.25, 0.3) is 0 Å². The number of hydrogen-bond acceptors (Lipinski definition) is 4. The molecule has 1 aromatic carbocycles. The fourth-order valence-corrected chi connectivity index (χ4v) is 4.27. The van der Waals surface area contributed by atoms with E-state index in [-0.39, 0.29) is 29.0 Å². The molecular formula is C23H29NO3. The highest BCUT2D eigenvalue weighted by Gasteiger charge is 2.47. The topological polar surface area (TPSA) is 55.7 Å². The molecule has 1 fully saturated rings. The number of aliphatic imine (C=N–C) groups is 1. The molecule has 27 heavy (non-hydrogen) atoms. The Morgan fingerprint density at radius 2 is 1.89 bits per heavy atom. The number of benzene rings is 1. The van der Waals surface area contributed by atoms with Gasteiger partial charge in [-0.3, -0.25) is 9.79 Å². The molecule has 0 bridgehead atoms. The van der Waals surface area contributed by atoms with Gasteiger partial charge in [-0.2, -0.15) is 0 Å². The Labute approximate surface area is 161 Å². The molecular weight excluding hydrogens is 338 g/mol. The molecule has 0 radical (unpaired) electrons. The normalized spacial score (nSPS) is 24.3. The SMILES string of the molecule is CCCCOC(=O)C1=C(C)N=C2CC(C)(C)CC(=O)[C@@H]2[C@@H]1c1ccccc1. The summed E-state index contributed by atoms with van der Waals surface area (Å²) in [5.41, 5.74) is 3.02. The van der Waals surface area contributed by atoms with Crippen LogP contribution in [0.15, 0.2) is 46.6 Å². The zero-order chi connectivity index (χ0) is 19.6. The molecule has 2 aliphatic rings. The summed E-state index contributed by atoms with van der Waals surface area (Å²) in [7, 11) is 0. The van der Waals surface area contributed by atoms with Gasteiger partial charge < -0.3 is 4.74 Å². The Balaban J connectivity index is 2.06. The Hall–Kier alpha value is -2.23. The van der Waals surface area contributed by atoms with Crippen molar-refractivity contribution in [3.05, 3.63) is 47.2 Å². The lowest BCUT2D eigenvalue weighted by Gasteiger charge is -2.41. The van der Waals surface area contributed by atoms with E-state index in [0.29, 0.717) is 24.3 Å². The lowest BCUT2D eigenvalue weighted by molar-refractivity contribution is -0.139. The molecule has 4 heteroatoms. The third-order valence-electron chi connectivity index (χ3n) is 5.47. The molecule has 0 amide bonds. The number of hydrogen-bond donors (Lipinski definition) is 0. The summed E-state index contributed by atoms with van der Waals surface area (Å²) in [6.07, 6.45) is 3.09. The number of carbonyl (C=O) groups excluding carboxylic acids is 2. The molecule has 3 rings (SSSR count). The van der Waals surface area contributed by atoms with E-state index in [1.165, 1.54) is 0 Å². The van der Waals surface area contributed by atoms with Crippen LogP contribution in [0.2, 0.25) is 0 Å². The molecule has 1 aliphatic heterocycles. The van der Waals surface area contributed by atoms with Crippen LogP contribution in [0, 0.1) is 11.3 Å². The van der Waals surface area contributed by atoms with Gasteiger partial charge in [-0.1, -0.05) is 57.5 Å². The highest BCUT2D eigenvalue weighted by molar-refractivity contribution is 6.12. The molecule has 0 unspecified atom stereocenters. The first-order valence-electron chi connectivity index (χ1n) is 9.87. The van der Waals surface area contributed by atoms with Crippen LogP contribution in [0.3, 0.4) is 0 Å². The summed E-state index contributed by atoms with van der Waals surface area (Å²) in [4.78, 5) is 30.8. The number of rotatable bonds is 5. The van der Waals surface area contributed by atoms with E-state index in [4.69, 9.17) is 9.73 Å². The Morgan fingerprint density at radius 1 is 1.19 bits per heavy atom. The number of ketones is 1. The number of ether oxygens (including phenoxy) is 1. The number of esters is 1. The molecule has 0 aromatic heterocycles. The number of nitrogens with zero attached hydrogens (tertiary/aromatic N) is 1. The number of Topliss-reactive ketones (excluding diaryl/α,β-unsaturated/α-hetero) is 1. The summed E-state index contributed by atoms with van der Waals surface area (Å²) >= 11 is 0. The number of fused-ring (bicyclic) bond motifs is 1. The second-order valence-corrected chi connectivity index (χ2v) is 8.44. The minimum absolute atomic E-state index is 0.0902. The lowest BCUT2D eigenvalue weighted by atomic mass is 9.63. The minimum Gasteiger partial charge on any atom is -0.462 e. The molecule has 1 saturated carbocycles. The van der Waals surface area contributed by atoms with E-state index in [2.05, 4.69) is 20.8 Å². The number of carbonyl (C=O) groups is 2. The second kappa shape index (κ2) is 7.79. The fraction of sp³-hybridized carbons (Fsp3) is 0.522. The molecule has 1 aliphatic carbocycles. The van der Waals surface area contributed by atoms with E-state index in [9.17, 15) is 9.59 Å². The van der Waals surface area contributed by atoms with Crippen molar-refractivity contribution in [3.63, 3.8) is 0 Å². The van der Waals surface area contributed by atoms with Gasteiger partial charge in [-0.15, -0.1) is 0 Å². The highest BCUT2D eigenvalue weighted by Crippen LogP contribution is 2.46. The monoisotopic (exact) mass is 367 g/mol. The molecule has 2 atom stereocenters. The van der Waals surface area contributed by atoms with E-state index < -0.39 is 0 Å². The largest absolute Gasteiger partial charge is 0.462 e. The van der Waals surface area contributed by atoms with Crippen LogP contribution < -0.4 is 0 Å². The average molecular weight is 367 g/mol. The molecule has 4 nitrogen and oxygen atoms in total. The van der Waals surface area contributed by atoms with Crippen LogP contribution in [0.1, 0.15) is 64.9 Å². The van der Waals surface area contributed by atoms with Crippen LogP contribution in [-0.2, 0) is 14.3 Å². The second-order valence-electron chi connectivity index (χ2n) is 8.44. The molecule has 0 saturated heterocycles. The molecule has 1 aromatic rings. The van der Waals surface area contributed by atoms with E-state index in [0.717, 1.165) is 30.5 Å². The molecule has 144 valence electrons. The third-order valence-corrected chi connectivity index (χ3v) is 5.47. The first-order chi connectivity index (χ1) is 12.8. The Morgan fingerprint density at radius 3 is 2.56 bits per heavy atom. The Kier molecular flexibility index (Phi) is 5.64. The minimum atomic E-state index is -0.363. The zero-order valence-corrected chi connectivity index (χ0v) is 16.7. The average Bonchev–Trinajstić information content (AvgIpc) is 2.60. The van der Waals surface area contributed by atoms with Gasteiger partial charge in [-0.25, -0.2) is 4.79 Å². The van der Waals surface area contributed by atoms with Crippen LogP contribution in [0.4, 0.5) is 0 Å². The predicted molar refractivity (Wildman–Crippen MR) is 107 cm³/mol. The van der Waals surface area contributed by atoms with E-state index in [1.807, 2.05) is 37.3 Å². The predicted octanol–water partition coefficient (Wildman–Crippen LogP) is 4.85. The highest BCUT2D eigenvalue weighted by atomic mass is 16.5. The van der Waals surface area contributed by atoms with Gasteiger partial charge >= 0.3 is 5.97 Å². The van der Waals surface area contributed by atoms with Gasteiger partial charge in [0.05, 0.1) is 18.1 Å². The van der Waals surface area contributed by atoms with E-state index >= 15 is 0 Å². The van der Waals surface area contributed by atoms with Gasteiger partial charge in [0, 0.05) is 23.7 Å².